The molecule has 0 unspecified atom stereocenters. The number of phenols is 1. The third-order valence-corrected chi connectivity index (χ3v) is 1.53. The molecule has 0 saturated heterocycles. The minimum atomic E-state index is 0.0379. The molecule has 0 saturated carbocycles. The van der Waals surface area contributed by atoms with Gasteiger partial charge in [0.15, 0.2) is 11.5 Å². The number of nitrogens with two attached hydrogens (primary N) is 1. The molecule has 0 aliphatic heterocycles. The lowest BCUT2D eigenvalue weighted by molar-refractivity contribution is 0.308. The first-order valence-corrected chi connectivity index (χ1v) is 3.93. The minimum Gasteiger partial charge on any atom is -0.504 e. The molecule has 3 nitrogen and oxygen atoms in total. The number of halogens is 1. The smallest absolute Gasteiger partial charge is 0.161 e. The summed E-state index contributed by atoms with van der Waals surface area (Å²) in [7, 11) is 0. The van der Waals surface area contributed by atoms with Crippen LogP contribution in [0.25, 0.3) is 0 Å². The maximum Gasteiger partial charge on any atom is 0.161 e. The molecule has 3 N–H and O–H groups in total. The molecule has 0 radical (unpaired) electrons. The monoisotopic (exact) mass is 187 g/mol. The van der Waals surface area contributed by atoms with Crippen molar-refractivity contribution in [2.45, 2.75) is 0 Å². The van der Waals surface area contributed by atoms with E-state index in [-0.39, 0.29) is 5.75 Å². The van der Waals surface area contributed by atoms with Crippen LogP contribution in [0.3, 0.4) is 0 Å². The molecule has 0 aromatic heterocycles. The highest BCUT2D eigenvalue weighted by Gasteiger charge is 2.01. The van der Waals surface area contributed by atoms with Crippen molar-refractivity contribution in [3.63, 3.8) is 0 Å². The molecule has 1 aromatic carbocycles. The number of benzene rings is 1. The second kappa shape index (κ2) is 4.18. The predicted octanol–water partition coefficient (Wildman–Crippen LogP) is 1.38. The lowest BCUT2D eigenvalue weighted by Crippen LogP contribution is -2.10. The first kappa shape index (κ1) is 9.16. The summed E-state index contributed by atoms with van der Waals surface area (Å²) in [5.74, 6) is 0.445. The van der Waals surface area contributed by atoms with Gasteiger partial charge in [0.2, 0.25) is 0 Å². The van der Waals surface area contributed by atoms with E-state index in [2.05, 4.69) is 0 Å². The van der Waals surface area contributed by atoms with Crippen molar-refractivity contribution < 1.29 is 9.84 Å². The normalized spacial score (nSPS) is 9.83. The van der Waals surface area contributed by atoms with E-state index in [0.29, 0.717) is 23.9 Å². The van der Waals surface area contributed by atoms with Crippen molar-refractivity contribution in [1.29, 1.82) is 0 Å². The Morgan fingerprint density at radius 1 is 1.50 bits per heavy atom. The molecule has 0 fully saturated rings. The van der Waals surface area contributed by atoms with Crippen LogP contribution in [0.5, 0.6) is 11.5 Å². The zero-order valence-corrected chi connectivity index (χ0v) is 7.21. The van der Waals surface area contributed by atoms with Gasteiger partial charge in [0.05, 0.1) is 0 Å². The lowest BCUT2D eigenvalue weighted by atomic mass is 10.3. The number of ether oxygens (including phenoxy) is 1. The standard InChI is InChI=1S/C8H10ClNO2/c9-6-1-2-8(7(11)5-6)12-4-3-10/h1-2,5,11H,3-4,10H2. The minimum absolute atomic E-state index is 0.0379. The molecule has 1 rings (SSSR count). The SMILES string of the molecule is NCCOc1ccc(Cl)cc1O. The molecular weight excluding hydrogens is 178 g/mol. The van der Waals surface area contributed by atoms with E-state index >= 15 is 0 Å². The highest BCUT2D eigenvalue weighted by Crippen LogP contribution is 2.28. The molecule has 0 aliphatic carbocycles. The average molecular weight is 188 g/mol. The number of rotatable bonds is 3. The maximum atomic E-state index is 9.27. The Kier molecular flexibility index (Phi) is 3.19. The fourth-order valence-corrected chi connectivity index (χ4v) is 0.948. The molecule has 0 heterocycles. The van der Waals surface area contributed by atoms with Crippen LogP contribution in [0.2, 0.25) is 5.02 Å². The molecule has 4 heteroatoms. The lowest BCUT2D eigenvalue weighted by Gasteiger charge is -2.05. The van der Waals surface area contributed by atoms with Gasteiger partial charge in [-0.1, -0.05) is 11.6 Å². The Labute approximate surface area is 75.7 Å². The molecule has 66 valence electrons. The molecule has 12 heavy (non-hydrogen) atoms. The fourth-order valence-electron chi connectivity index (χ4n) is 0.781. The Morgan fingerprint density at radius 3 is 2.83 bits per heavy atom. The van der Waals surface area contributed by atoms with E-state index < -0.39 is 0 Å². The summed E-state index contributed by atoms with van der Waals surface area (Å²) in [6, 6.07) is 4.67. The van der Waals surface area contributed by atoms with E-state index in [4.69, 9.17) is 22.1 Å². The van der Waals surface area contributed by atoms with Gasteiger partial charge in [0.25, 0.3) is 0 Å². The number of phenolic OH excluding ortho intramolecular Hbond substituents is 1. The highest BCUT2D eigenvalue weighted by atomic mass is 35.5. The second-order valence-electron chi connectivity index (χ2n) is 2.25. The third-order valence-electron chi connectivity index (χ3n) is 1.30. The van der Waals surface area contributed by atoms with Gasteiger partial charge in [0.1, 0.15) is 6.61 Å². The van der Waals surface area contributed by atoms with Crippen LogP contribution in [0, 0.1) is 0 Å². The van der Waals surface area contributed by atoms with Crippen LogP contribution in [-0.4, -0.2) is 18.3 Å². The number of aromatic hydroxyl groups is 1. The van der Waals surface area contributed by atoms with Gasteiger partial charge >= 0.3 is 0 Å². The third kappa shape index (κ3) is 2.29. The van der Waals surface area contributed by atoms with Crippen LogP contribution < -0.4 is 10.5 Å². The summed E-state index contributed by atoms with van der Waals surface area (Å²) in [6.07, 6.45) is 0. The Hall–Kier alpha value is -0.930. The van der Waals surface area contributed by atoms with Crippen molar-refractivity contribution in [3.05, 3.63) is 23.2 Å². The fraction of sp³-hybridized carbons (Fsp3) is 0.250. The number of hydrogen-bond donors (Lipinski definition) is 2. The maximum absolute atomic E-state index is 9.27. The van der Waals surface area contributed by atoms with Gasteiger partial charge in [-0.2, -0.15) is 0 Å². The van der Waals surface area contributed by atoms with E-state index in [1.807, 2.05) is 0 Å². The van der Waals surface area contributed by atoms with E-state index in [0.717, 1.165) is 0 Å². The summed E-state index contributed by atoms with van der Waals surface area (Å²) in [5.41, 5.74) is 5.22. The molecule has 1 aromatic rings. The summed E-state index contributed by atoms with van der Waals surface area (Å²) in [5, 5.41) is 9.75. The van der Waals surface area contributed by atoms with Crippen LogP contribution in [0.4, 0.5) is 0 Å². The summed E-state index contributed by atoms with van der Waals surface area (Å²) in [4.78, 5) is 0. The Bertz CT molecular complexity index is 265. The van der Waals surface area contributed by atoms with Crippen LogP contribution >= 0.6 is 11.6 Å². The topological polar surface area (TPSA) is 55.5 Å². The van der Waals surface area contributed by atoms with Crippen LogP contribution in [0.1, 0.15) is 0 Å². The van der Waals surface area contributed by atoms with E-state index in [1.165, 1.54) is 6.07 Å². The van der Waals surface area contributed by atoms with Gasteiger partial charge in [0, 0.05) is 17.6 Å². The van der Waals surface area contributed by atoms with E-state index in [9.17, 15) is 5.11 Å². The van der Waals surface area contributed by atoms with Crippen LogP contribution in [-0.2, 0) is 0 Å². The van der Waals surface area contributed by atoms with Gasteiger partial charge < -0.3 is 15.6 Å². The van der Waals surface area contributed by atoms with Crippen molar-refractivity contribution in [2.75, 3.05) is 13.2 Å². The predicted molar refractivity (Wildman–Crippen MR) is 47.7 cm³/mol. The Balaban J connectivity index is 2.72. The zero-order valence-electron chi connectivity index (χ0n) is 6.46. The summed E-state index contributed by atoms with van der Waals surface area (Å²) >= 11 is 5.61. The summed E-state index contributed by atoms with van der Waals surface area (Å²) < 4.78 is 5.11. The first-order chi connectivity index (χ1) is 5.74. The molecule has 0 amide bonds. The molecular formula is C8H10ClNO2. The molecule has 0 aliphatic rings. The van der Waals surface area contributed by atoms with Crippen molar-refractivity contribution in [1.82, 2.24) is 0 Å². The highest BCUT2D eigenvalue weighted by molar-refractivity contribution is 6.30. The number of hydrogen-bond acceptors (Lipinski definition) is 3. The second-order valence-corrected chi connectivity index (χ2v) is 2.69. The largest absolute Gasteiger partial charge is 0.504 e. The zero-order chi connectivity index (χ0) is 8.97. The molecule has 0 bridgehead atoms. The van der Waals surface area contributed by atoms with Gasteiger partial charge in [-0.15, -0.1) is 0 Å². The van der Waals surface area contributed by atoms with Crippen molar-refractivity contribution >= 4 is 11.6 Å². The van der Waals surface area contributed by atoms with E-state index in [1.54, 1.807) is 12.1 Å². The average Bonchev–Trinajstić information content (AvgIpc) is 2.03. The van der Waals surface area contributed by atoms with Crippen LogP contribution in [0.15, 0.2) is 18.2 Å². The van der Waals surface area contributed by atoms with Gasteiger partial charge in [-0.05, 0) is 12.1 Å². The quantitative estimate of drug-likeness (QED) is 0.752. The first-order valence-electron chi connectivity index (χ1n) is 3.55. The Morgan fingerprint density at radius 2 is 2.25 bits per heavy atom. The van der Waals surface area contributed by atoms with Crippen molar-refractivity contribution in [2.24, 2.45) is 5.73 Å². The van der Waals surface area contributed by atoms with Crippen molar-refractivity contribution in [3.8, 4) is 11.5 Å². The molecule has 0 atom stereocenters. The molecule has 0 spiro atoms. The van der Waals surface area contributed by atoms with Gasteiger partial charge in [-0.25, -0.2) is 0 Å². The van der Waals surface area contributed by atoms with Gasteiger partial charge in [-0.3, -0.25) is 0 Å². The summed E-state index contributed by atoms with van der Waals surface area (Å²) in [6.45, 7) is 0.803.